The largest absolute Gasteiger partial charge is 0.342 e. The first kappa shape index (κ1) is 15.3. The summed E-state index contributed by atoms with van der Waals surface area (Å²) in [5.74, 6) is 1.18. The van der Waals surface area contributed by atoms with Gasteiger partial charge in [-0.3, -0.25) is 20.0 Å². The summed E-state index contributed by atoms with van der Waals surface area (Å²) in [5, 5.41) is 12.3. The molecule has 0 unspecified atom stereocenters. The van der Waals surface area contributed by atoms with Crippen LogP contribution in [0.4, 0.5) is 5.69 Å². The smallest absolute Gasteiger partial charge is 0.288 e. The van der Waals surface area contributed by atoms with E-state index in [2.05, 4.69) is 25.9 Å². The highest BCUT2D eigenvalue weighted by molar-refractivity contribution is 6.39. The molecule has 1 aromatic heterocycles. The molecule has 1 aromatic carbocycles. The first-order chi connectivity index (χ1) is 12.2. The van der Waals surface area contributed by atoms with Crippen molar-refractivity contribution in [2.24, 2.45) is 4.99 Å². The lowest BCUT2D eigenvalue weighted by Gasteiger charge is -2.27. The average Bonchev–Trinajstić information content (AvgIpc) is 3.25. The summed E-state index contributed by atoms with van der Waals surface area (Å²) in [4.78, 5) is 28.4. The molecule has 2 aliphatic rings. The van der Waals surface area contributed by atoms with E-state index in [1.54, 1.807) is 12.1 Å². The Balaban J connectivity index is 1.42. The Morgan fingerprint density at radius 2 is 2.08 bits per heavy atom. The predicted octanol–water partition coefficient (Wildman–Crippen LogP) is -0.210. The van der Waals surface area contributed by atoms with E-state index in [4.69, 9.17) is 0 Å². The third-order valence-electron chi connectivity index (χ3n) is 4.16. The molecule has 0 spiro atoms. The molecule has 2 aromatic rings. The minimum atomic E-state index is -0.385. The van der Waals surface area contributed by atoms with Gasteiger partial charge in [0.25, 0.3) is 11.8 Å². The third kappa shape index (κ3) is 2.95. The van der Waals surface area contributed by atoms with Crippen molar-refractivity contribution in [1.29, 1.82) is 0 Å². The number of anilines is 1. The number of aliphatic imine (C=N–C) groups is 1. The predicted molar refractivity (Wildman–Crippen MR) is 89.6 cm³/mol. The lowest BCUT2D eigenvalue weighted by molar-refractivity contribution is -0.118. The Kier molecular flexibility index (Phi) is 3.88. The molecular formula is C16H17N7O2. The van der Waals surface area contributed by atoms with Gasteiger partial charge in [-0.2, -0.15) is 0 Å². The molecule has 25 heavy (non-hydrogen) atoms. The van der Waals surface area contributed by atoms with E-state index in [0.717, 1.165) is 31.0 Å². The minimum absolute atomic E-state index is 0.0784. The van der Waals surface area contributed by atoms with Crippen molar-refractivity contribution in [2.45, 2.75) is 25.9 Å². The van der Waals surface area contributed by atoms with Gasteiger partial charge >= 0.3 is 0 Å². The van der Waals surface area contributed by atoms with Gasteiger partial charge in [0.1, 0.15) is 12.4 Å². The number of nitrogens with one attached hydrogen (secondary N) is 2. The van der Waals surface area contributed by atoms with E-state index >= 15 is 0 Å². The number of amides is 2. The van der Waals surface area contributed by atoms with Crippen LogP contribution in [0, 0.1) is 0 Å². The van der Waals surface area contributed by atoms with Crippen LogP contribution in [0.15, 0.2) is 35.3 Å². The van der Waals surface area contributed by atoms with Crippen molar-refractivity contribution in [3.8, 4) is 0 Å². The zero-order chi connectivity index (χ0) is 17.2. The number of rotatable bonds is 4. The van der Waals surface area contributed by atoms with Crippen molar-refractivity contribution < 1.29 is 9.59 Å². The van der Waals surface area contributed by atoms with Crippen LogP contribution in [0.5, 0.6) is 0 Å². The van der Waals surface area contributed by atoms with Gasteiger partial charge in [0.15, 0.2) is 5.82 Å². The number of aromatic nitrogens is 3. The summed E-state index contributed by atoms with van der Waals surface area (Å²) < 4.78 is 2.02. The van der Waals surface area contributed by atoms with E-state index in [1.165, 1.54) is 5.01 Å². The summed E-state index contributed by atoms with van der Waals surface area (Å²) >= 11 is 0. The molecule has 2 N–H and O–H groups in total. The lowest BCUT2D eigenvalue weighted by Crippen LogP contribution is -2.55. The van der Waals surface area contributed by atoms with Crippen molar-refractivity contribution in [3.63, 3.8) is 0 Å². The van der Waals surface area contributed by atoms with Gasteiger partial charge in [0.05, 0.1) is 12.2 Å². The molecule has 2 aliphatic heterocycles. The number of fused-ring (bicyclic) bond motifs is 1. The number of hydrazine groups is 1. The molecule has 128 valence electrons. The van der Waals surface area contributed by atoms with Crippen LogP contribution in [0.25, 0.3) is 0 Å². The number of aryl methyl sites for hydroxylation is 1. The van der Waals surface area contributed by atoms with Crippen LogP contribution < -0.4 is 15.8 Å². The van der Waals surface area contributed by atoms with Crippen LogP contribution in [-0.4, -0.2) is 39.0 Å². The molecule has 0 saturated carbocycles. The maximum atomic E-state index is 12.4. The molecule has 0 radical (unpaired) electrons. The first-order valence-electron chi connectivity index (χ1n) is 8.10. The summed E-state index contributed by atoms with van der Waals surface area (Å²) in [6.45, 7) is 1.07. The Labute approximate surface area is 143 Å². The summed E-state index contributed by atoms with van der Waals surface area (Å²) in [6.07, 6.45) is 1.97. The molecule has 2 amide bonds. The van der Waals surface area contributed by atoms with Crippen LogP contribution in [0.1, 0.15) is 18.1 Å². The van der Waals surface area contributed by atoms with Crippen molar-refractivity contribution >= 4 is 23.3 Å². The highest BCUT2D eigenvalue weighted by Gasteiger charge is 2.26. The second-order valence-electron chi connectivity index (χ2n) is 5.81. The van der Waals surface area contributed by atoms with Gasteiger partial charge in [-0.05, 0) is 18.6 Å². The average molecular weight is 339 g/mol. The van der Waals surface area contributed by atoms with E-state index in [0.29, 0.717) is 5.69 Å². The van der Waals surface area contributed by atoms with Gasteiger partial charge in [0.2, 0.25) is 5.84 Å². The maximum absolute atomic E-state index is 12.4. The van der Waals surface area contributed by atoms with Crippen LogP contribution in [-0.2, 0) is 29.1 Å². The maximum Gasteiger partial charge on any atom is 0.288 e. The number of para-hydroxylation sites is 1. The minimum Gasteiger partial charge on any atom is -0.342 e. The lowest BCUT2D eigenvalue weighted by atomic mass is 10.3. The fourth-order valence-electron chi connectivity index (χ4n) is 2.91. The second kappa shape index (κ2) is 6.34. The van der Waals surface area contributed by atoms with Gasteiger partial charge in [0, 0.05) is 13.0 Å². The third-order valence-corrected chi connectivity index (χ3v) is 4.16. The van der Waals surface area contributed by atoms with Crippen molar-refractivity contribution in [3.05, 3.63) is 42.0 Å². The van der Waals surface area contributed by atoms with Crippen molar-refractivity contribution in [2.75, 3.05) is 11.6 Å². The highest BCUT2D eigenvalue weighted by Crippen LogP contribution is 2.14. The van der Waals surface area contributed by atoms with E-state index in [9.17, 15) is 9.59 Å². The fraction of sp³-hybridized carbons (Fsp3) is 0.312. The van der Waals surface area contributed by atoms with Gasteiger partial charge < -0.3 is 9.88 Å². The number of carbonyl (C=O) groups is 2. The SMILES string of the molecule is O=C(NCc1nnc2n1CCC2)C1=NCC(=O)N(c2ccccc2)N1. The summed E-state index contributed by atoms with van der Waals surface area (Å²) in [6, 6.07) is 9.07. The molecule has 0 atom stereocenters. The standard InChI is InChI=1S/C16H17N7O2/c24-14-10-17-15(21-23(14)11-5-2-1-3-6-11)16(25)18-9-13-20-19-12-7-4-8-22(12)13/h1-3,5-6H,4,7-10H2,(H,17,21)(H,18,25). The molecule has 9 nitrogen and oxygen atoms in total. The number of amidine groups is 1. The van der Waals surface area contributed by atoms with E-state index in [-0.39, 0.29) is 30.7 Å². The summed E-state index contributed by atoms with van der Waals surface area (Å²) in [5.41, 5.74) is 3.44. The molecular weight excluding hydrogens is 322 g/mol. The number of hydrogen-bond acceptors (Lipinski definition) is 6. The van der Waals surface area contributed by atoms with Crippen LogP contribution in [0.2, 0.25) is 0 Å². The molecule has 4 rings (SSSR count). The van der Waals surface area contributed by atoms with E-state index < -0.39 is 0 Å². The normalized spacial score (nSPS) is 16.2. The number of hydrogen-bond donors (Lipinski definition) is 2. The first-order valence-corrected chi connectivity index (χ1v) is 8.10. The van der Waals surface area contributed by atoms with Crippen LogP contribution in [0.3, 0.4) is 0 Å². The Hall–Kier alpha value is -3.23. The molecule has 9 heteroatoms. The second-order valence-corrected chi connectivity index (χ2v) is 5.81. The molecule has 0 fully saturated rings. The van der Waals surface area contributed by atoms with Crippen LogP contribution >= 0.6 is 0 Å². The fourth-order valence-corrected chi connectivity index (χ4v) is 2.91. The summed E-state index contributed by atoms with van der Waals surface area (Å²) in [7, 11) is 0. The Bertz CT molecular complexity index is 843. The Morgan fingerprint density at radius 1 is 1.24 bits per heavy atom. The molecule has 0 saturated heterocycles. The number of nitrogens with zero attached hydrogens (tertiary/aromatic N) is 5. The van der Waals surface area contributed by atoms with Crippen molar-refractivity contribution in [1.82, 2.24) is 25.5 Å². The van der Waals surface area contributed by atoms with Gasteiger partial charge in [-0.25, -0.2) is 5.01 Å². The zero-order valence-corrected chi connectivity index (χ0v) is 13.5. The molecule has 0 aliphatic carbocycles. The van der Waals surface area contributed by atoms with Gasteiger partial charge in [-0.1, -0.05) is 18.2 Å². The highest BCUT2D eigenvalue weighted by atomic mass is 16.2. The topological polar surface area (TPSA) is 105 Å². The monoisotopic (exact) mass is 339 g/mol. The number of benzene rings is 1. The number of carbonyl (C=O) groups excluding carboxylic acids is 2. The molecule has 0 bridgehead atoms. The quantitative estimate of drug-likeness (QED) is 0.802. The van der Waals surface area contributed by atoms with Gasteiger partial charge in [-0.15, -0.1) is 10.2 Å². The Morgan fingerprint density at radius 3 is 2.92 bits per heavy atom. The van der Waals surface area contributed by atoms with E-state index in [1.807, 2.05) is 22.8 Å². The zero-order valence-electron chi connectivity index (χ0n) is 13.5. The molecule has 3 heterocycles.